The zero-order valence-corrected chi connectivity index (χ0v) is 20.8. The lowest BCUT2D eigenvalue weighted by molar-refractivity contribution is -0.121. The predicted octanol–water partition coefficient (Wildman–Crippen LogP) is 5.62. The Labute approximate surface area is 213 Å². The van der Waals surface area contributed by atoms with E-state index in [1.807, 2.05) is 62.4 Å². The molecule has 0 bridgehead atoms. The monoisotopic (exact) mass is 500 g/mol. The number of halogens is 1. The van der Waals surface area contributed by atoms with Gasteiger partial charge in [0, 0.05) is 18.5 Å². The first kappa shape index (κ1) is 23.9. The molecule has 3 aromatic carbocycles. The summed E-state index contributed by atoms with van der Waals surface area (Å²) in [4.78, 5) is 29.7. The largest absolute Gasteiger partial charge is 0.326 e. The van der Waals surface area contributed by atoms with Crippen molar-refractivity contribution in [2.45, 2.75) is 38.0 Å². The van der Waals surface area contributed by atoms with Crippen LogP contribution < -0.4 is 5.32 Å². The molecule has 1 N–H and O–H groups in total. The quantitative estimate of drug-likeness (QED) is 0.493. The molecule has 5 rings (SSSR count). The number of aryl methyl sites for hydroxylation is 2. The molecule has 0 spiro atoms. The maximum atomic E-state index is 13.6. The molecule has 2 heterocycles. The van der Waals surface area contributed by atoms with Crippen LogP contribution in [0.15, 0.2) is 82.9 Å². The van der Waals surface area contributed by atoms with Crippen LogP contribution in [-0.4, -0.2) is 33.0 Å². The van der Waals surface area contributed by atoms with Crippen LogP contribution in [0, 0.1) is 19.7 Å². The molecule has 36 heavy (non-hydrogen) atoms. The Morgan fingerprint density at radius 3 is 2.53 bits per heavy atom. The molecule has 8 heteroatoms. The van der Waals surface area contributed by atoms with Gasteiger partial charge in [0.1, 0.15) is 11.1 Å². The van der Waals surface area contributed by atoms with Crippen LogP contribution in [0.5, 0.6) is 0 Å². The third-order valence-corrected chi connectivity index (χ3v) is 7.50. The van der Waals surface area contributed by atoms with E-state index in [2.05, 4.69) is 10.3 Å². The van der Waals surface area contributed by atoms with Crippen molar-refractivity contribution in [1.82, 2.24) is 5.01 Å². The van der Waals surface area contributed by atoms with E-state index >= 15 is 0 Å². The maximum Gasteiger partial charge on any atom is 0.262 e. The van der Waals surface area contributed by atoms with Crippen molar-refractivity contribution in [1.29, 1.82) is 0 Å². The number of aliphatic imine (C=N–C) groups is 1. The van der Waals surface area contributed by atoms with Crippen molar-refractivity contribution in [3.05, 3.63) is 101 Å². The van der Waals surface area contributed by atoms with Crippen LogP contribution in [0.3, 0.4) is 0 Å². The minimum Gasteiger partial charge on any atom is -0.326 e. The van der Waals surface area contributed by atoms with Crippen molar-refractivity contribution >= 4 is 40.1 Å². The van der Waals surface area contributed by atoms with Gasteiger partial charge in [-0.05, 0) is 60.4 Å². The molecule has 3 aromatic rings. The number of thioether (sulfide) groups is 1. The van der Waals surface area contributed by atoms with Crippen LogP contribution in [0.4, 0.5) is 10.1 Å². The molecular weight excluding hydrogens is 475 g/mol. The van der Waals surface area contributed by atoms with Gasteiger partial charge in [-0.3, -0.25) is 9.59 Å². The number of carbonyl (C=O) groups is 2. The van der Waals surface area contributed by atoms with E-state index in [4.69, 9.17) is 5.10 Å². The first-order chi connectivity index (χ1) is 17.4. The van der Waals surface area contributed by atoms with Gasteiger partial charge in [0.2, 0.25) is 5.91 Å². The summed E-state index contributed by atoms with van der Waals surface area (Å²) < 4.78 is 13.6. The summed E-state index contributed by atoms with van der Waals surface area (Å²) in [6.07, 6.45) is 0.592. The highest BCUT2D eigenvalue weighted by molar-refractivity contribution is 8.15. The number of hydrogen-bond acceptors (Lipinski definition) is 5. The molecule has 2 aliphatic heterocycles. The van der Waals surface area contributed by atoms with Gasteiger partial charge < -0.3 is 5.32 Å². The summed E-state index contributed by atoms with van der Waals surface area (Å²) >= 11 is 1.24. The van der Waals surface area contributed by atoms with Gasteiger partial charge in [-0.2, -0.15) is 10.1 Å². The van der Waals surface area contributed by atoms with E-state index in [1.165, 1.54) is 23.9 Å². The fourth-order valence-corrected chi connectivity index (χ4v) is 5.30. The zero-order chi connectivity index (χ0) is 25.2. The molecule has 2 amide bonds. The average molecular weight is 501 g/mol. The number of amidine groups is 1. The lowest BCUT2D eigenvalue weighted by Gasteiger charge is -2.23. The molecular formula is C28H25FN4O2S. The minimum absolute atomic E-state index is 0.00767. The number of nitrogens with one attached hydrogen (secondary N) is 1. The van der Waals surface area contributed by atoms with Crippen LogP contribution in [0.1, 0.15) is 41.1 Å². The normalized spacial score (nSPS) is 19.3. The van der Waals surface area contributed by atoms with Gasteiger partial charge in [-0.1, -0.05) is 60.3 Å². The van der Waals surface area contributed by atoms with E-state index in [0.717, 1.165) is 28.0 Å². The number of hydrogen-bond donors (Lipinski definition) is 1. The molecule has 2 atom stereocenters. The number of hydrazone groups is 1. The van der Waals surface area contributed by atoms with E-state index in [0.29, 0.717) is 17.3 Å². The molecule has 0 fully saturated rings. The van der Waals surface area contributed by atoms with Crippen molar-refractivity contribution in [3.63, 3.8) is 0 Å². The summed E-state index contributed by atoms with van der Waals surface area (Å²) in [6.45, 7) is 4.00. The third-order valence-electron chi connectivity index (χ3n) is 6.36. The molecule has 0 radical (unpaired) electrons. The fraction of sp³-hybridized carbons (Fsp3) is 0.214. The number of rotatable bonds is 5. The second-order valence-electron chi connectivity index (χ2n) is 8.92. The molecule has 0 aromatic heterocycles. The second kappa shape index (κ2) is 10.1. The predicted molar refractivity (Wildman–Crippen MR) is 142 cm³/mol. The Kier molecular flexibility index (Phi) is 6.69. The topological polar surface area (TPSA) is 74.1 Å². The Hall–Kier alpha value is -3.78. The summed E-state index contributed by atoms with van der Waals surface area (Å²) in [5.41, 5.74) is 5.63. The lowest BCUT2D eigenvalue weighted by Crippen LogP contribution is -2.25. The minimum atomic E-state index is -0.628. The first-order valence-corrected chi connectivity index (χ1v) is 12.6. The fourth-order valence-electron chi connectivity index (χ4n) is 4.24. The maximum absolute atomic E-state index is 13.6. The lowest BCUT2D eigenvalue weighted by atomic mass is 9.99. The smallest absolute Gasteiger partial charge is 0.262 e. The van der Waals surface area contributed by atoms with Crippen LogP contribution in [0.25, 0.3) is 0 Å². The molecule has 182 valence electrons. The molecule has 0 saturated carbocycles. The van der Waals surface area contributed by atoms with Crippen molar-refractivity contribution in [3.8, 4) is 0 Å². The SMILES string of the molecule is Cc1ccc(NC(=O)C[C@H]2SC(N3N=C(c4ccccc4)C[C@@H]3c3ccc(F)cc3)=NC2=O)cc1C. The van der Waals surface area contributed by atoms with E-state index in [9.17, 15) is 14.0 Å². The Balaban J connectivity index is 1.33. The van der Waals surface area contributed by atoms with Gasteiger partial charge in [0.05, 0.1) is 11.8 Å². The summed E-state index contributed by atoms with van der Waals surface area (Å²) in [5.74, 6) is -0.915. The highest BCUT2D eigenvalue weighted by atomic mass is 32.2. The standard InChI is InChI=1S/C28H25FN4O2S/c1-17-8-13-22(14-18(17)2)30-26(34)16-25-27(35)31-28(36-25)33-24(20-9-11-21(29)12-10-20)15-23(32-33)19-6-4-3-5-7-19/h3-14,24-25H,15-16H2,1-2H3,(H,30,34)/t24-,25-/m1/s1. The van der Waals surface area contributed by atoms with Gasteiger partial charge in [-0.25, -0.2) is 9.40 Å². The number of carbonyl (C=O) groups excluding carboxylic acids is 2. The Morgan fingerprint density at radius 1 is 1.06 bits per heavy atom. The molecule has 0 saturated heterocycles. The Morgan fingerprint density at radius 2 is 1.81 bits per heavy atom. The number of amides is 2. The number of benzene rings is 3. The van der Waals surface area contributed by atoms with Crippen molar-refractivity contribution < 1.29 is 14.0 Å². The second-order valence-corrected chi connectivity index (χ2v) is 10.1. The van der Waals surface area contributed by atoms with Crippen molar-refractivity contribution in [2.75, 3.05) is 5.32 Å². The molecule has 6 nitrogen and oxygen atoms in total. The average Bonchev–Trinajstić information content (AvgIpc) is 3.46. The van der Waals surface area contributed by atoms with E-state index in [-0.39, 0.29) is 30.1 Å². The van der Waals surface area contributed by atoms with Gasteiger partial charge in [-0.15, -0.1) is 0 Å². The summed E-state index contributed by atoms with van der Waals surface area (Å²) in [5, 5.41) is 9.24. The van der Waals surface area contributed by atoms with Gasteiger partial charge >= 0.3 is 0 Å². The highest BCUT2D eigenvalue weighted by Crippen LogP contribution is 2.38. The molecule has 0 unspecified atom stereocenters. The van der Waals surface area contributed by atoms with Crippen LogP contribution in [0.2, 0.25) is 0 Å². The Bertz CT molecular complexity index is 1370. The third kappa shape index (κ3) is 5.09. The molecule has 2 aliphatic rings. The van der Waals surface area contributed by atoms with Crippen LogP contribution in [-0.2, 0) is 9.59 Å². The number of anilines is 1. The molecule has 0 aliphatic carbocycles. The van der Waals surface area contributed by atoms with Gasteiger partial charge in [0.15, 0.2) is 5.17 Å². The van der Waals surface area contributed by atoms with Gasteiger partial charge in [0.25, 0.3) is 5.91 Å². The van der Waals surface area contributed by atoms with Crippen LogP contribution >= 0.6 is 11.8 Å². The van der Waals surface area contributed by atoms with Crippen molar-refractivity contribution in [2.24, 2.45) is 10.1 Å². The van der Waals surface area contributed by atoms with E-state index in [1.54, 1.807) is 17.1 Å². The zero-order valence-electron chi connectivity index (χ0n) is 19.9. The van der Waals surface area contributed by atoms with E-state index < -0.39 is 5.25 Å². The summed E-state index contributed by atoms with van der Waals surface area (Å²) in [6, 6.07) is 21.6. The summed E-state index contributed by atoms with van der Waals surface area (Å²) in [7, 11) is 0. The highest BCUT2D eigenvalue weighted by Gasteiger charge is 2.39. The number of nitrogens with zero attached hydrogens (tertiary/aromatic N) is 3. The first-order valence-electron chi connectivity index (χ1n) is 11.7.